The first-order valence-corrected chi connectivity index (χ1v) is 8.62. The normalized spacial score (nSPS) is 12.3. The largest absolute Gasteiger partial charge is 0.496 e. The Morgan fingerprint density at radius 1 is 1.10 bits per heavy atom. The Bertz CT molecular complexity index is 657. The van der Waals surface area contributed by atoms with Gasteiger partial charge in [-0.15, -0.1) is 0 Å². The van der Waals surface area contributed by atoms with Gasteiger partial charge in [-0.3, -0.25) is 0 Å². The molecule has 1 unspecified atom stereocenters. The van der Waals surface area contributed by atoms with Gasteiger partial charge in [0.05, 0.1) is 13.2 Å². The summed E-state index contributed by atoms with van der Waals surface area (Å²) in [4.78, 5) is 0. The molecular formula is C17H19BrINO. The van der Waals surface area contributed by atoms with E-state index in [9.17, 15) is 0 Å². The average Bonchev–Trinajstić information content (AvgIpc) is 2.46. The quantitative estimate of drug-likeness (QED) is 0.650. The van der Waals surface area contributed by atoms with Crippen molar-refractivity contribution in [2.24, 2.45) is 0 Å². The van der Waals surface area contributed by atoms with Crippen LogP contribution in [0.25, 0.3) is 0 Å². The molecule has 2 aromatic rings. The first-order valence-electron chi connectivity index (χ1n) is 6.75. The molecule has 0 aliphatic heterocycles. The lowest BCUT2D eigenvalue weighted by atomic mass is 9.93. The van der Waals surface area contributed by atoms with Crippen LogP contribution in [0.4, 0.5) is 0 Å². The molecule has 0 amide bonds. The third-order valence-electron chi connectivity index (χ3n) is 3.65. The van der Waals surface area contributed by atoms with E-state index in [4.69, 9.17) is 4.74 Å². The fraction of sp³-hybridized carbons (Fsp3) is 0.294. The minimum Gasteiger partial charge on any atom is -0.496 e. The van der Waals surface area contributed by atoms with Gasteiger partial charge in [-0.25, -0.2) is 0 Å². The van der Waals surface area contributed by atoms with Gasteiger partial charge in [-0.1, -0.05) is 22.0 Å². The number of benzene rings is 2. The maximum Gasteiger partial charge on any atom is 0.122 e. The minimum absolute atomic E-state index is 0.152. The molecule has 21 heavy (non-hydrogen) atoms. The number of hydrogen-bond acceptors (Lipinski definition) is 2. The predicted molar refractivity (Wildman–Crippen MR) is 100 cm³/mol. The Morgan fingerprint density at radius 3 is 2.43 bits per heavy atom. The van der Waals surface area contributed by atoms with Crippen LogP contribution in [0.1, 0.15) is 28.3 Å². The molecule has 0 saturated heterocycles. The molecule has 0 aliphatic rings. The highest BCUT2D eigenvalue weighted by Crippen LogP contribution is 2.34. The second-order valence-electron chi connectivity index (χ2n) is 5.07. The standard InChI is InChI=1S/C17H19BrINO/c1-10-8-16(21-4)11(2)7-13(10)17(20-3)14-9-12(19)5-6-15(14)18/h5-9,17,20H,1-4H3. The highest BCUT2D eigenvalue weighted by Gasteiger charge is 2.18. The Kier molecular flexibility index (Phi) is 5.68. The molecule has 1 atom stereocenters. The lowest BCUT2D eigenvalue weighted by Gasteiger charge is -2.22. The second-order valence-corrected chi connectivity index (χ2v) is 7.17. The van der Waals surface area contributed by atoms with E-state index in [1.807, 2.05) is 7.05 Å². The summed E-state index contributed by atoms with van der Waals surface area (Å²) in [5.74, 6) is 0.938. The number of nitrogens with one attached hydrogen (secondary N) is 1. The molecule has 2 rings (SSSR count). The van der Waals surface area contributed by atoms with Crippen LogP contribution >= 0.6 is 38.5 Å². The van der Waals surface area contributed by atoms with Gasteiger partial charge in [0.2, 0.25) is 0 Å². The van der Waals surface area contributed by atoms with Crippen molar-refractivity contribution in [2.45, 2.75) is 19.9 Å². The monoisotopic (exact) mass is 459 g/mol. The SMILES string of the molecule is CNC(c1cc(C)c(OC)cc1C)c1cc(I)ccc1Br. The highest BCUT2D eigenvalue weighted by atomic mass is 127. The van der Waals surface area contributed by atoms with Crippen LogP contribution in [0.3, 0.4) is 0 Å². The van der Waals surface area contributed by atoms with Crippen LogP contribution in [0.5, 0.6) is 5.75 Å². The molecule has 0 aliphatic carbocycles. The number of hydrogen-bond donors (Lipinski definition) is 1. The number of methoxy groups -OCH3 is 1. The van der Waals surface area contributed by atoms with Crippen molar-refractivity contribution in [3.63, 3.8) is 0 Å². The van der Waals surface area contributed by atoms with E-state index in [0.717, 1.165) is 15.8 Å². The van der Waals surface area contributed by atoms with Crippen LogP contribution < -0.4 is 10.1 Å². The van der Waals surface area contributed by atoms with Gasteiger partial charge in [0, 0.05) is 8.04 Å². The topological polar surface area (TPSA) is 21.3 Å². The maximum absolute atomic E-state index is 5.41. The molecule has 2 aromatic carbocycles. The van der Waals surface area contributed by atoms with Crippen LogP contribution in [-0.2, 0) is 0 Å². The molecule has 0 bridgehead atoms. The van der Waals surface area contributed by atoms with Crippen molar-refractivity contribution in [3.8, 4) is 5.75 Å². The van der Waals surface area contributed by atoms with Crippen molar-refractivity contribution in [1.29, 1.82) is 0 Å². The van der Waals surface area contributed by atoms with Gasteiger partial charge in [0.25, 0.3) is 0 Å². The van der Waals surface area contributed by atoms with E-state index in [0.29, 0.717) is 0 Å². The molecule has 112 valence electrons. The van der Waals surface area contributed by atoms with Crippen LogP contribution in [-0.4, -0.2) is 14.2 Å². The molecule has 2 nitrogen and oxygen atoms in total. The Morgan fingerprint density at radius 2 is 1.81 bits per heavy atom. The summed E-state index contributed by atoms with van der Waals surface area (Å²) in [6, 6.07) is 10.9. The summed E-state index contributed by atoms with van der Waals surface area (Å²) in [5.41, 5.74) is 4.90. The Labute approximate surface area is 148 Å². The first kappa shape index (κ1) is 16.8. The summed E-state index contributed by atoms with van der Waals surface area (Å²) in [7, 11) is 3.71. The van der Waals surface area contributed by atoms with Gasteiger partial charge in [-0.05, 0) is 90.0 Å². The van der Waals surface area contributed by atoms with E-state index in [1.54, 1.807) is 7.11 Å². The van der Waals surface area contributed by atoms with Crippen LogP contribution in [0.15, 0.2) is 34.8 Å². The fourth-order valence-corrected chi connectivity index (χ4v) is 3.55. The van der Waals surface area contributed by atoms with E-state index >= 15 is 0 Å². The second kappa shape index (κ2) is 7.11. The smallest absolute Gasteiger partial charge is 0.122 e. The van der Waals surface area contributed by atoms with Crippen molar-refractivity contribution in [3.05, 3.63) is 60.6 Å². The van der Waals surface area contributed by atoms with Crippen LogP contribution in [0, 0.1) is 17.4 Å². The zero-order valence-electron chi connectivity index (χ0n) is 12.6. The molecular weight excluding hydrogens is 441 g/mol. The predicted octanol–water partition coefficient (Wildman–Crippen LogP) is 4.99. The highest BCUT2D eigenvalue weighted by molar-refractivity contribution is 14.1. The molecule has 4 heteroatoms. The van der Waals surface area contributed by atoms with Crippen LogP contribution in [0.2, 0.25) is 0 Å². The molecule has 0 radical (unpaired) electrons. The van der Waals surface area contributed by atoms with Gasteiger partial charge < -0.3 is 10.1 Å². The van der Waals surface area contributed by atoms with Crippen molar-refractivity contribution < 1.29 is 4.74 Å². The third kappa shape index (κ3) is 3.60. The Balaban J connectivity index is 2.56. The first-order chi connectivity index (χ1) is 9.97. The summed E-state index contributed by atoms with van der Waals surface area (Å²) < 4.78 is 7.76. The zero-order valence-corrected chi connectivity index (χ0v) is 16.4. The molecule has 0 saturated carbocycles. The lowest BCUT2D eigenvalue weighted by Crippen LogP contribution is -2.19. The van der Waals surface area contributed by atoms with Gasteiger partial charge in [0.1, 0.15) is 5.75 Å². The van der Waals surface area contributed by atoms with Gasteiger partial charge in [0.15, 0.2) is 0 Å². The fourth-order valence-electron chi connectivity index (χ4n) is 2.56. The van der Waals surface area contributed by atoms with E-state index in [1.165, 1.54) is 20.3 Å². The van der Waals surface area contributed by atoms with Gasteiger partial charge in [-0.2, -0.15) is 0 Å². The average molecular weight is 460 g/mol. The number of halogens is 2. The van der Waals surface area contributed by atoms with E-state index in [2.05, 4.69) is 88.0 Å². The summed E-state index contributed by atoms with van der Waals surface area (Å²) in [6.07, 6.45) is 0. The molecule has 1 N–H and O–H groups in total. The Hall–Kier alpha value is -0.590. The zero-order chi connectivity index (χ0) is 15.6. The van der Waals surface area contributed by atoms with Crippen molar-refractivity contribution >= 4 is 38.5 Å². The van der Waals surface area contributed by atoms with Crippen molar-refractivity contribution in [2.75, 3.05) is 14.2 Å². The summed E-state index contributed by atoms with van der Waals surface area (Å²) >= 11 is 6.02. The number of ether oxygens (including phenoxy) is 1. The number of aryl methyl sites for hydroxylation is 2. The third-order valence-corrected chi connectivity index (χ3v) is 5.05. The molecule has 0 fully saturated rings. The molecule has 0 heterocycles. The van der Waals surface area contributed by atoms with E-state index in [-0.39, 0.29) is 6.04 Å². The maximum atomic E-state index is 5.41. The molecule has 0 aromatic heterocycles. The summed E-state index contributed by atoms with van der Waals surface area (Å²) in [6.45, 7) is 4.21. The van der Waals surface area contributed by atoms with E-state index < -0.39 is 0 Å². The number of rotatable bonds is 4. The minimum atomic E-state index is 0.152. The molecule has 0 spiro atoms. The lowest BCUT2D eigenvalue weighted by molar-refractivity contribution is 0.411. The van der Waals surface area contributed by atoms with Gasteiger partial charge >= 0.3 is 0 Å². The van der Waals surface area contributed by atoms with Crippen molar-refractivity contribution in [1.82, 2.24) is 5.32 Å². The summed E-state index contributed by atoms with van der Waals surface area (Å²) in [5, 5.41) is 3.43.